The zero-order chi connectivity index (χ0) is 30.7. The standard InChI is InChI=1S/C32H40N4O7/c1-32(2,3)27-29(37)36-18-22(17-26(36)30(38)41-5)42-28-24(33-23-14-13-20(40-4)16-25(23)34-28)12-7-6-9-19-10-8-11-21(15-19)43-31(39)35-27/h13-14,16,19,21-22,26-27H,6,8-11,15,17-18H2,1-5H3,(H,35,39)/t19-,21-,22-,26+,27-/m1/s1. The molecule has 43 heavy (non-hydrogen) atoms. The van der Waals surface area contributed by atoms with Gasteiger partial charge in [0.05, 0.1) is 31.8 Å². The third-order valence-corrected chi connectivity index (χ3v) is 8.40. The Bertz CT molecular complexity index is 1440. The number of benzene rings is 1. The van der Waals surface area contributed by atoms with Crippen LogP contribution in [0.25, 0.3) is 11.0 Å². The van der Waals surface area contributed by atoms with Crippen molar-refractivity contribution in [3.05, 3.63) is 23.9 Å². The molecule has 1 saturated carbocycles. The lowest BCUT2D eigenvalue weighted by Crippen LogP contribution is -2.57. The Kier molecular flexibility index (Phi) is 8.95. The minimum Gasteiger partial charge on any atom is -0.497 e. The molecule has 0 unspecified atom stereocenters. The molecular weight excluding hydrogens is 552 g/mol. The Hall–Kier alpha value is -4.07. The fraction of sp³-hybridized carbons (Fsp3) is 0.594. The van der Waals surface area contributed by atoms with Gasteiger partial charge in [-0.25, -0.2) is 19.6 Å². The molecular formula is C32H40N4O7. The summed E-state index contributed by atoms with van der Waals surface area (Å²) in [4.78, 5) is 50.9. The second-order valence-electron chi connectivity index (χ2n) is 12.6. The van der Waals surface area contributed by atoms with E-state index in [2.05, 4.69) is 17.2 Å². The Morgan fingerprint density at radius 1 is 1.05 bits per heavy atom. The number of esters is 1. The van der Waals surface area contributed by atoms with Crippen LogP contribution < -0.4 is 14.8 Å². The molecule has 5 atom stereocenters. The number of carbonyl (C=O) groups excluding carboxylic acids is 3. The maximum atomic E-state index is 14.1. The zero-order valence-corrected chi connectivity index (χ0v) is 25.5. The summed E-state index contributed by atoms with van der Waals surface area (Å²) in [6.07, 6.45) is 3.74. The van der Waals surface area contributed by atoms with E-state index in [0.717, 1.165) is 32.1 Å². The van der Waals surface area contributed by atoms with Crippen molar-refractivity contribution in [2.45, 2.75) is 90.0 Å². The Balaban J connectivity index is 1.54. The van der Waals surface area contributed by atoms with Gasteiger partial charge in [0, 0.05) is 18.9 Å². The van der Waals surface area contributed by atoms with Gasteiger partial charge in [-0.05, 0) is 55.1 Å². The molecule has 11 heteroatoms. The Labute approximate surface area is 252 Å². The molecule has 3 heterocycles. The average molecular weight is 593 g/mol. The van der Waals surface area contributed by atoms with Crippen LogP contribution >= 0.6 is 0 Å². The fourth-order valence-corrected chi connectivity index (χ4v) is 6.10. The summed E-state index contributed by atoms with van der Waals surface area (Å²) in [7, 11) is 2.86. The van der Waals surface area contributed by atoms with Gasteiger partial charge in [-0.15, -0.1) is 0 Å². The van der Waals surface area contributed by atoms with Crippen LogP contribution in [0.2, 0.25) is 0 Å². The number of aromatic nitrogens is 2. The van der Waals surface area contributed by atoms with E-state index in [1.807, 2.05) is 32.9 Å². The number of methoxy groups -OCH3 is 2. The summed E-state index contributed by atoms with van der Waals surface area (Å²) in [5.74, 6) is 6.64. The molecule has 2 fully saturated rings. The third kappa shape index (κ3) is 6.95. The summed E-state index contributed by atoms with van der Waals surface area (Å²) < 4.78 is 22.6. The van der Waals surface area contributed by atoms with E-state index in [1.54, 1.807) is 13.2 Å². The van der Waals surface area contributed by atoms with Gasteiger partial charge in [-0.2, -0.15) is 0 Å². The van der Waals surface area contributed by atoms with Crippen molar-refractivity contribution in [3.63, 3.8) is 0 Å². The summed E-state index contributed by atoms with van der Waals surface area (Å²) in [6.45, 7) is 5.66. The van der Waals surface area contributed by atoms with Crippen LogP contribution in [0, 0.1) is 23.2 Å². The molecule has 1 aromatic carbocycles. The quantitative estimate of drug-likeness (QED) is 0.406. The van der Waals surface area contributed by atoms with Gasteiger partial charge < -0.3 is 29.2 Å². The molecule has 0 spiro atoms. The van der Waals surface area contributed by atoms with Gasteiger partial charge in [0.15, 0.2) is 5.69 Å². The van der Waals surface area contributed by atoms with Crippen molar-refractivity contribution in [1.29, 1.82) is 0 Å². The molecule has 1 aromatic heterocycles. The van der Waals surface area contributed by atoms with E-state index in [0.29, 0.717) is 34.8 Å². The molecule has 11 nitrogen and oxygen atoms in total. The van der Waals surface area contributed by atoms with Crippen LogP contribution in [0.5, 0.6) is 11.6 Å². The number of fused-ring (bicyclic) bond motifs is 6. The number of nitrogens with zero attached hydrogens (tertiary/aromatic N) is 3. The van der Waals surface area contributed by atoms with E-state index < -0.39 is 41.6 Å². The van der Waals surface area contributed by atoms with Crippen molar-refractivity contribution in [3.8, 4) is 23.5 Å². The highest BCUT2D eigenvalue weighted by Crippen LogP contribution is 2.32. The number of carbonyl (C=O) groups is 3. The van der Waals surface area contributed by atoms with Crippen molar-refractivity contribution >= 4 is 29.0 Å². The number of hydrogen-bond donors (Lipinski definition) is 1. The minimum atomic E-state index is -0.946. The van der Waals surface area contributed by atoms with Crippen molar-refractivity contribution in [2.75, 3.05) is 20.8 Å². The van der Waals surface area contributed by atoms with Crippen LogP contribution in [-0.4, -0.2) is 77.9 Å². The molecule has 4 bridgehead atoms. The van der Waals surface area contributed by atoms with Crippen molar-refractivity contribution in [2.24, 2.45) is 11.3 Å². The molecule has 5 rings (SSSR count). The summed E-state index contributed by atoms with van der Waals surface area (Å²) in [5, 5.41) is 2.82. The fourth-order valence-electron chi connectivity index (χ4n) is 6.10. The van der Waals surface area contributed by atoms with Crippen LogP contribution in [0.15, 0.2) is 18.2 Å². The van der Waals surface area contributed by atoms with E-state index in [-0.39, 0.29) is 24.9 Å². The molecule has 230 valence electrons. The lowest BCUT2D eigenvalue weighted by atomic mass is 9.84. The SMILES string of the molecule is COC(=O)[C@@H]1C[C@@H]2CN1C(=O)[C@H](C(C)(C)C)NC(=O)O[C@@H]1CCC[C@@H](CCC#Cc3nc4ccc(OC)cc4nc3O2)C1. The van der Waals surface area contributed by atoms with Crippen molar-refractivity contribution in [1.82, 2.24) is 20.2 Å². The summed E-state index contributed by atoms with van der Waals surface area (Å²) >= 11 is 0. The summed E-state index contributed by atoms with van der Waals surface area (Å²) in [5.41, 5.74) is 0.937. The first-order valence-corrected chi connectivity index (χ1v) is 14.9. The largest absolute Gasteiger partial charge is 0.497 e. The molecule has 3 aliphatic rings. The Morgan fingerprint density at radius 3 is 2.60 bits per heavy atom. The zero-order valence-electron chi connectivity index (χ0n) is 25.5. The molecule has 2 aromatic rings. The number of amides is 2. The molecule has 1 aliphatic carbocycles. The summed E-state index contributed by atoms with van der Waals surface area (Å²) in [6, 6.07) is 3.55. The van der Waals surface area contributed by atoms with E-state index in [9.17, 15) is 14.4 Å². The third-order valence-electron chi connectivity index (χ3n) is 8.40. The Morgan fingerprint density at radius 2 is 1.86 bits per heavy atom. The second kappa shape index (κ2) is 12.7. The highest BCUT2D eigenvalue weighted by Gasteiger charge is 2.46. The van der Waals surface area contributed by atoms with E-state index in [4.69, 9.17) is 28.9 Å². The van der Waals surface area contributed by atoms with Crippen molar-refractivity contribution < 1.29 is 33.3 Å². The lowest BCUT2D eigenvalue weighted by Gasteiger charge is -2.35. The highest BCUT2D eigenvalue weighted by atomic mass is 16.6. The maximum absolute atomic E-state index is 14.1. The molecule has 1 saturated heterocycles. The van der Waals surface area contributed by atoms with Gasteiger partial charge >= 0.3 is 12.1 Å². The van der Waals surface area contributed by atoms with Gasteiger partial charge in [-0.1, -0.05) is 33.1 Å². The van der Waals surface area contributed by atoms with Crippen LogP contribution in [0.1, 0.15) is 71.4 Å². The van der Waals surface area contributed by atoms with Crippen LogP contribution in [0.4, 0.5) is 4.79 Å². The molecule has 2 aliphatic heterocycles. The topological polar surface area (TPSA) is 129 Å². The first kappa shape index (κ1) is 30.4. The molecule has 0 radical (unpaired) electrons. The van der Waals surface area contributed by atoms with Gasteiger partial charge in [0.1, 0.15) is 30.0 Å². The molecule has 1 N–H and O–H groups in total. The predicted molar refractivity (Wildman–Crippen MR) is 157 cm³/mol. The maximum Gasteiger partial charge on any atom is 0.408 e. The average Bonchev–Trinajstić information content (AvgIpc) is 3.40. The second-order valence-corrected chi connectivity index (χ2v) is 12.6. The lowest BCUT2D eigenvalue weighted by molar-refractivity contribution is -0.152. The first-order chi connectivity index (χ1) is 20.5. The molecule has 2 amide bonds. The van der Waals surface area contributed by atoms with Gasteiger partial charge in [-0.3, -0.25) is 4.79 Å². The number of nitrogens with one attached hydrogen (secondary N) is 1. The van der Waals surface area contributed by atoms with Gasteiger partial charge in [0.2, 0.25) is 11.8 Å². The van der Waals surface area contributed by atoms with E-state index in [1.165, 1.54) is 12.0 Å². The number of hydrogen-bond acceptors (Lipinski definition) is 9. The normalized spacial score (nSPS) is 26.4. The minimum absolute atomic E-state index is 0.0803. The number of alkyl carbamates (subject to hydrolysis) is 1. The van der Waals surface area contributed by atoms with Gasteiger partial charge in [0.25, 0.3) is 0 Å². The number of ether oxygens (including phenoxy) is 4. The number of rotatable bonds is 2. The first-order valence-electron chi connectivity index (χ1n) is 14.9. The van der Waals surface area contributed by atoms with E-state index >= 15 is 0 Å². The predicted octanol–water partition coefficient (Wildman–Crippen LogP) is 4.00. The van der Waals surface area contributed by atoms with Crippen LogP contribution in [-0.2, 0) is 19.1 Å². The smallest absolute Gasteiger partial charge is 0.408 e. The highest BCUT2D eigenvalue weighted by molar-refractivity contribution is 5.91. The monoisotopic (exact) mass is 592 g/mol. The van der Waals surface area contributed by atoms with Crippen LogP contribution in [0.3, 0.4) is 0 Å².